The Balaban J connectivity index is 1.59. The minimum Gasteiger partial charge on any atom is -0.456 e. The van der Waals surface area contributed by atoms with Gasteiger partial charge in [0.05, 0.1) is 16.1 Å². The molecular weight excluding hydrogens is 352 g/mol. The number of H-pyrrole nitrogens is 1. The van der Waals surface area contributed by atoms with Crippen molar-refractivity contribution < 1.29 is 14.3 Å². The summed E-state index contributed by atoms with van der Waals surface area (Å²) >= 11 is 6.11. The Morgan fingerprint density at radius 2 is 1.73 bits per heavy atom. The van der Waals surface area contributed by atoms with E-state index in [2.05, 4.69) is 9.97 Å². The summed E-state index contributed by atoms with van der Waals surface area (Å²) < 4.78 is 10.6. The summed E-state index contributed by atoms with van der Waals surface area (Å²) in [4.78, 5) is 18.2. The van der Waals surface area contributed by atoms with E-state index < -0.39 is 0 Å². The van der Waals surface area contributed by atoms with Crippen LogP contribution in [-0.2, 0) is 4.79 Å². The smallest absolute Gasteiger partial charge is 0.298 e. The maximum atomic E-state index is 10.5. The van der Waals surface area contributed by atoms with Crippen molar-refractivity contribution in [1.29, 1.82) is 0 Å². The fraction of sp³-hybridized carbons (Fsp3) is 0. The molecule has 0 radical (unpaired) electrons. The number of ether oxygens (including phenoxy) is 2. The third-order valence-electron chi connectivity index (χ3n) is 3.83. The van der Waals surface area contributed by atoms with Crippen LogP contribution in [0.25, 0.3) is 22.4 Å². The Kier molecular flexibility index (Phi) is 4.29. The van der Waals surface area contributed by atoms with Gasteiger partial charge in [-0.3, -0.25) is 4.79 Å². The summed E-state index contributed by atoms with van der Waals surface area (Å²) in [6.07, 6.45) is 0. The predicted molar refractivity (Wildman–Crippen MR) is 99.7 cm³/mol. The third kappa shape index (κ3) is 3.25. The van der Waals surface area contributed by atoms with Gasteiger partial charge in [0.1, 0.15) is 23.1 Å². The highest BCUT2D eigenvalue weighted by atomic mass is 35.5. The van der Waals surface area contributed by atoms with Crippen LogP contribution < -0.4 is 9.47 Å². The molecule has 0 bridgehead atoms. The van der Waals surface area contributed by atoms with Gasteiger partial charge in [0.25, 0.3) is 6.47 Å². The van der Waals surface area contributed by atoms with Gasteiger partial charge in [-0.1, -0.05) is 23.7 Å². The number of para-hydroxylation sites is 1. The van der Waals surface area contributed by atoms with Crippen molar-refractivity contribution in [1.82, 2.24) is 9.97 Å². The van der Waals surface area contributed by atoms with E-state index in [1.807, 2.05) is 42.5 Å². The normalized spacial score (nSPS) is 10.7. The van der Waals surface area contributed by atoms with Crippen LogP contribution in [0.15, 0.2) is 66.7 Å². The Hall–Kier alpha value is -3.31. The number of halogens is 1. The summed E-state index contributed by atoms with van der Waals surface area (Å²) in [6, 6.07) is 20.1. The zero-order valence-electron chi connectivity index (χ0n) is 13.5. The molecule has 128 valence electrons. The second-order valence-corrected chi connectivity index (χ2v) is 5.94. The van der Waals surface area contributed by atoms with Gasteiger partial charge in [-0.25, -0.2) is 4.98 Å². The standard InChI is InChI=1S/C20H13ClN2O3/c21-16-3-1-2-4-19(16)26-14-7-5-13(6-8-14)20-22-17-10-9-15(25-12-24)11-18(17)23-20/h1-12H,(H,22,23). The number of nitrogens with one attached hydrogen (secondary N) is 1. The van der Waals surface area contributed by atoms with Crippen LogP contribution >= 0.6 is 11.6 Å². The zero-order chi connectivity index (χ0) is 17.9. The van der Waals surface area contributed by atoms with Crippen molar-refractivity contribution in [3.8, 4) is 28.6 Å². The van der Waals surface area contributed by atoms with Crippen LogP contribution in [0.3, 0.4) is 0 Å². The van der Waals surface area contributed by atoms with Gasteiger partial charge in [-0.2, -0.15) is 0 Å². The van der Waals surface area contributed by atoms with Crippen molar-refractivity contribution in [3.05, 3.63) is 71.8 Å². The lowest BCUT2D eigenvalue weighted by Gasteiger charge is -2.07. The molecule has 0 atom stereocenters. The van der Waals surface area contributed by atoms with Gasteiger partial charge in [0.2, 0.25) is 0 Å². The van der Waals surface area contributed by atoms with E-state index in [0.717, 1.165) is 16.6 Å². The number of benzene rings is 3. The molecule has 1 heterocycles. The highest BCUT2D eigenvalue weighted by molar-refractivity contribution is 6.32. The molecule has 5 nitrogen and oxygen atoms in total. The Bertz CT molecular complexity index is 1070. The first kappa shape index (κ1) is 16.2. The average molecular weight is 365 g/mol. The van der Waals surface area contributed by atoms with Crippen molar-refractivity contribution in [2.45, 2.75) is 0 Å². The molecule has 4 aromatic rings. The highest BCUT2D eigenvalue weighted by Gasteiger charge is 2.08. The number of hydrogen-bond acceptors (Lipinski definition) is 4. The number of aromatic nitrogens is 2. The second kappa shape index (κ2) is 6.90. The number of aromatic amines is 1. The first-order valence-electron chi connectivity index (χ1n) is 7.86. The Labute approximate surface area is 154 Å². The van der Waals surface area contributed by atoms with Crippen molar-refractivity contribution in [2.24, 2.45) is 0 Å². The van der Waals surface area contributed by atoms with Crippen molar-refractivity contribution in [2.75, 3.05) is 0 Å². The van der Waals surface area contributed by atoms with Crippen LogP contribution in [0, 0.1) is 0 Å². The summed E-state index contributed by atoms with van der Waals surface area (Å²) in [6.45, 7) is 0.399. The van der Waals surface area contributed by atoms with Gasteiger partial charge in [0, 0.05) is 11.6 Å². The van der Waals surface area contributed by atoms with E-state index in [1.54, 1.807) is 24.3 Å². The van der Waals surface area contributed by atoms with Crippen LogP contribution in [0.4, 0.5) is 0 Å². The predicted octanol–water partition coefficient (Wildman–Crippen LogP) is 5.21. The molecule has 0 amide bonds. The Morgan fingerprint density at radius 1 is 0.962 bits per heavy atom. The molecule has 0 aliphatic carbocycles. The molecule has 0 saturated carbocycles. The fourth-order valence-electron chi connectivity index (χ4n) is 2.59. The average Bonchev–Trinajstić information content (AvgIpc) is 3.08. The van der Waals surface area contributed by atoms with Gasteiger partial charge >= 0.3 is 0 Å². The molecule has 0 aliphatic rings. The number of imidazole rings is 1. The van der Waals surface area contributed by atoms with Crippen molar-refractivity contribution in [3.63, 3.8) is 0 Å². The molecule has 0 fully saturated rings. The first-order chi connectivity index (χ1) is 12.7. The van der Waals surface area contributed by atoms with Gasteiger partial charge < -0.3 is 14.5 Å². The van der Waals surface area contributed by atoms with Crippen LogP contribution in [0.2, 0.25) is 5.02 Å². The molecule has 0 unspecified atom stereocenters. The summed E-state index contributed by atoms with van der Waals surface area (Å²) in [5.41, 5.74) is 2.48. The van der Waals surface area contributed by atoms with E-state index in [9.17, 15) is 4.79 Å². The zero-order valence-corrected chi connectivity index (χ0v) is 14.2. The monoisotopic (exact) mass is 364 g/mol. The maximum absolute atomic E-state index is 10.5. The maximum Gasteiger partial charge on any atom is 0.298 e. The van der Waals surface area contributed by atoms with Gasteiger partial charge in [0.15, 0.2) is 0 Å². The van der Waals surface area contributed by atoms with Crippen LogP contribution in [-0.4, -0.2) is 16.4 Å². The highest BCUT2D eigenvalue weighted by Crippen LogP contribution is 2.30. The van der Waals surface area contributed by atoms with Gasteiger partial charge in [-0.05, 0) is 48.5 Å². The van der Waals surface area contributed by atoms with E-state index in [4.69, 9.17) is 21.1 Å². The number of rotatable bonds is 5. The topological polar surface area (TPSA) is 64.2 Å². The minimum absolute atomic E-state index is 0.399. The summed E-state index contributed by atoms with van der Waals surface area (Å²) in [5.74, 6) is 2.46. The molecule has 3 aromatic carbocycles. The first-order valence-corrected chi connectivity index (χ1v) is 8.23. The minimum atomic E-state index is 0.399. The lowest BCUT2D eigenvalue weighted by atomic mass is 10.2. The molecule has 0 aliphatic heterocycles. The molecular formula is C20H13ClN2O3. The lowest BCUT2D eigenvalue weighted by Crippen LogP contribution is -1.87. The molecule has 1 aromatic heterocycles. The quantitative estimate of drug-likeness (QED) is 0.494. The van der Waals surface area contributed by atoms with E-state index >= 15 is 0 Å². The van der Waals surface area contributed by atoms with E-state index in [0.29, 0.717) is 34.6 Å². The lowest BCUT2D eigenvalue weighted by molar-refractivity contribution is -0.120. The largest absolute Gasteiger partial charge is 0.456 e. The SMILES string of the molecule is O=COc1ccc2nc(-c3ccc(Oc4ccccc4Cl)cc3)[nH]c2c1. The van der Waals surface area contributed by atoms with E-state index in [1.165, 1.54) is 0 Å². The van der Waals surface area contributed by atoms with E-state index in [-0.39, 0.29) is 0 Å². The van der Waals surface area contributed by atoms with Crippen LogP contribution in [0.1, 0.15) is 0 Å². The number of hydrogen-bond donors (Lipinski definition) is 1. The third-order valence-corrected chi connectivity index (χ3v) is 4.14. The molecule has 6 heteroatoms. The molecule has 26 heavy (non-hydrogen) atoms. The summed E-state index contributed by atoms with van der Waals surface area (Å²) in [7, 11) is 0. The number of carbonyl (C=O) groups is 1. The van der Waals surface area contributed by atoms with Crippen LogP contribution in [0.5, 0.6) is 17.2 Å². The Morgan fingerprint density at radius 3 is 2.50 bits per heavy atom. The number of fused-ring (bicyclic) bond motifs is 1. The second-order valence-electron chi connectivity index (χ2n) is 5.54. The molecule has 0 spiro atoms. The summed E-state index contributed by atoms with van der Waals surface area (Å²) in [5, 5.41) is 0.558. The van der Waals surface area contributed by atoms with Crippen molar-refractivity contribution >= 4 is 29.1 Å². The molecule has 4 rings (SSSR count). The molecule has 1 N–H and O–H groups in total. The van der Waals surface area contributed by atoms with Gasteiger partial charge in [-0.15, -0.1) is 0 Å². The number of nitrogens with zero attached hydrogens (tertiary/aromatic N) is 1. The number of carbonyl (C=O) groups excluding carboxylic acids is 1. The molecule has 0 saturated heterocycles. The fourth-order valence-corrected chi connectivity index (χ4v) is 2.76.